The Kier molecular flexibility index (Phi) is 5.33. The molecule has 2 N–H and O–H groups in total. The zero-order valence-electron chi connectivity index (χ0n) is 14.0. The van der Waals surface area contributed by atoms with Gasteiger partial charge in [-0.1, -0.05) is 32.0 Å². The van der Waals surface area contributed by atoms with E-state index in [-0.39, 0.29) is 23.3 Å². The molecule has 0 fully saturated rings. The lowest BCUT2D eigenvalue weighted by atomic mass is 9.96. The minimum Gasteiger partial charge on any atom is -0.478 e. The highest BCUT2D eigenvalue weighted by molar-refractivity contribution is 5.93. The maximum absolute atomic E-state index is 11.9. The molecule has 0 saturated heterocycles. The Morgan fingerprint density at radius 3 is 2.67 bits per heavy atom. The monoisotopic (exact) mass is 331 g/mol. The molecule has 1 amide bonds. The van der Waals surface area contributed by atoms with Crippen LogP contribution in [0.4, 0.5) is 5.69 Å². The Bertz CT molecular complexity index is 731. The summed E-state index contributed by atoms with van der Waals surface area (Å²) in [7, 11) is 0. The van der Waals surface area contributed by atoms with Gasteiger partial charge in [-0.3, -0.25) is 4.79 Å². The van der Waals surface area contributed by atoms with Gasteiger partial charge in [0.1, 0.15) is 0 Å². The minimum absolute atomic E-state index is 0.133. The number of aromatic nitrogens is 2. The van der Waals surface area contributed by atoms with Crippen molar-refractivity contribution < 1.29 is 19.2 Å². The predicted octanol–water partition coefficient (Wildman–Crippen LogP) is 3.03. The summed E-state index contributed by atoms with van der Waals surface area (Å²) in [5, 5.41) is 15.6. The molecule has 2 aromatic rings. The maximum atomic E-state index is 11.9. The van der Waals surface area contributed by atoms with E-state index < -0.39 is 5.97 Å². The van der Waals surface area contributed by atoms with Crippen LogP contribution in [0.25, 0.3) is 0 Å². The highest BCUT2D eigenvalue weighted by atomic mass is 16.5. The number of carbonyl (C=O) groups is 2. The van der Waals surface area contributed by atoms with E-state index in [2.05, 4.69) is 15.5 Å². The number of carboxylic acid groups (broad SMARTS) is 1. The Hall–Kier alpha value is -2.70. The van der Waals surface area contributed by atoms with E-state index >= 15 is 0 Å². The fourth-order valence-electron chi connectivity index (χ4n) is 2.01. The van der Waals surface area contributed by atoms with Crippen molar-refractivity contribution in [1.82, 2.24) is 10.1 Å². The molecule has 1 aromatic heterocycles. The van der Waals surface area contributed by atoms with E-state index in [0.29, 0.717) is 30.2 Å². The van der Waals surface area contributed by atoms with Crippen LogP contribution in [0.3, 0.4) is 0 Å². The van der Waals surface area contributed by atoms with Crippen LogP contribution in [0.5, 0.6) is 0 Å². The quantitative estimate of drug-likeness (QED) is 0.843. The first-order valence-electron chi connectivity index (χ1n) is 7.72. The first-order valence-corrected chi connectivity index (χ1v) is 7.72. The number of hydrogen-bond acceptors (Lipinski definition) is 5. The molecule has 0 spiro atoms. The normalized spacial score (nSPS) is 11.3. The molecular weight excluding hydrogens is 310 g/mol. The third kappa shape index (κ3) is 4.91. The first-order chi connectivity index (χ1) is 11.3. The average Bonchev–Trinajstić information content (AvgIpc) is 2.96. The smallest absolute Gasteiger partial charge is 0.335 e. The summed E-state index contributed by atoms with van der Waals surface area (Å²) in [5.41, 5.74) is 0.426. The number of benzene rings is 1. The molecular formula is C17H21N3O4. The first kappa shape index (κ1) is 17.7. The van der Waals surface area contributed by atoms with Crippen LogP contribution in [-0.2, 0) is 16.6 Å². The predicted molar refractivity (Wildman–Crippen MR) is 88.0 cm³/mol. The number of aryl methyl sites for hydroxylation is 1. The van der Waals surface area contributed by atoms with Gasteiger partial charge in [-0.05, 0) is 24.6 Å². The fraction of sp³-hybridized carbons (Fsp3) is 0.412. The number of carboxylic acids is 1. The summed E-state index contributed by atoms with van der Waals surface area (Å²) in [6.07, 6.45) is 1.37. The zero-order valence-corrected chi connectivity index (χ0v) is 14.0. The van der Waals surface area contributed by atoms with Gasteiger partial charge >= 0.3 is 5.97 Å². The van der Waals surface area contributed by atoms with Gasteiger partial charge in [0, 0.05) is 23.9 Å². The lowest BCUT2D eigenvalue weighted by Gasteiger charge is -2.10. The number of nitrogens with one attached hydrogen (secondary N) is 1. The number of amides is 1. The van der Waals surface area contributed by atoms with Crippen LogP contribution in [0.2, 0.25) is 0 Å². The molecule has 24 heavy (non-hydrogen) atoms. The fourth-order valence-corrected chi connectivity index (χ4v) is 2.01. The van der Waals surface area contributed by atoms with Crippen LogP contribution < -0.4 is 5.32 Å². The van der Waals surface area contributed by atoms with Crippen molar-refractivity contribution in [2.45, 2.75) is 45.4 Å². The Morgan fingerprint density at radius 1 is 1.29 bits per heavy atom. The van der Waals surface area contributed by atoms with Crippen molar-refractivity contribution >= 4 is 17.6 Å². The molecule has 1 heterocycles. The summed E-state index contributed by atoms with van der Waals surface area (Å²) in [5.74, 6) is -0.0571. The van der Waals surface area contributed by atoms with Crippen molar-refractivity contribution in [2.75, 3.05) is 5.32 Å². The lowest BCUT2D eigenvalue weighted by Crippen LogP contribution is -2.13. The highest BCUT2D eigenvalue weighted by Gasteiger charge is 2.20. The molecule has 0 atom stereocenters. The summed E-state index contributed by atoms with van der Waals surface area (Å²) in [6, 6.07) is 6.14. The van der Waals surface area contributed by atoms with Gasteiger partial charge in [0.15, 0.2) is 5.82 Å². The number of aromatic carboxylic acids is 1. The molecule has 0 bridgehead atoms. The molecule has 7 heteroatoms. The molecule has 0 aliphatic heterocycles. The van der Waals surface area contributed by atoms with Crippen LogP contribution in [0.15, 0.2) is 28.8 Å². The van der Waals surface area contributed by atoms with E-state index in [1.807, 2.05) is 20.8 Å². The van der Waals surface area contributed by atoms with Crippen LogP contribution in [0.1, 0.15) is 55.7 Å². The molecule has 0 saturated carbocycles. The van der Waals surface area contributed by atoms with Gasteiger partial charge in [-0.2, -0.15) is 4.98 Å². The Balaban J connectivity index is 1.82. The van der Waals surface area contributed by atoms with E-state index in [1.54, 1.807) is 12.1 Å². The van der Waals surface area contributed by atoms with Crippen molar-refractivity contribution in [3.05, 3.63) is 41.5 Å². The molecule has 0 radical (unpaired) electrons. The minimum atomic E-state index is -1.03. The molecule has 128 valence electrons. The van der Waals surface area contributed by atoms with Gasteiger partial charge in [0.05, 0.1) is 5.56 Å². The van der Waals surface area contributed by atoms with Crippen LogP contribution in [-0.4, -0.2) is 27.1 Å². The van der Waals surface area contributed by atoms with Gasteiger partial charge < -0.3 is 14.9 Å². The summed E-state index contributed by atoms with van der Waals surface area (Å²) >= 11 is 0. The third-order valence-corrected chi connectivity index (χ3v) is 3.33. The number of carbonyl (C=O) groups excluding carboxylic acids is 1. The molecule has 0 aliphatic rings. The SMILES string of the molecule is CC(C)(C)c1noc(CCCC(=O)Nc2cccc(C(=O)O)c2)n1. The summed E-state index contributed by atoms with van der Waals surface area (Å²) < 4.78 is 5.18. The summed E-state index contributed by atoms with van der Waals surface area (Å²) in [6.45, 7) is 6.00. The second-order valence-electron chi connectivity index (χ2n) is 6.55. The van der Waals surface area contributed by atoms with Crippen LogP contribution in [0, 0.1) is 0 Å². The molecule has 0 aliphatic carbocycles. The largest absolute Gasteiger partial charge is 0.478 e. The maximum Gasteiger partial charge on any atom is 0.335 e. The van der Waals surface area contributed by atoms with Crippen molar-refractivity contribution in [1.29, 1.82) is 0 Å². The molecule has 2 rings (SSSR count). The van der Waals surface area contributed by atoms with Crippen molar-refractivity contribution in [3.63, 3.8) is 0 Å². The van der Waals surface area contributed by atoms with Crippen molar-refractivity contribution in [2.24, 2.45) is 0 Å². The average molecular weight is 331 g/mol. The Morgan fingerprint density at radius 2 is 2.04 bits per heavy atom. The van der Waals surface area contributed by atoms with E-state index in [9.17, 15) is 9.59 Å². The van der Waals surface area contributed by atoms with Gasteiger partial charge in [-0.25, -0.2) is 4.79 Å². The standard InChI is InChI=1S/C17H21N3O4/c1-17(2,3)16-19-14(24-20-16)9-5-8-13(21)18-12-7-4-6-11(10-12)15(22)23/h4,6-7,10H,5,8-9H2,1-3H3,(H,18,21)(H,22,23). The topological polar surface area (TPSA) is 105 Å². The van der Waals surface area contributed by atoms with E-state index in [0.717, 1.165) is 0 Å². The van der Waals surface area contributed by atoms with Gasteiger partial charge in [0.25, 0.3) is 0 Å². The number of rotatable bonds is 6. The molecule has 7 nitrogen and oxygen atoms in total. The van der Waals surface area contributed by atoms with Crippen molar-refractivity contribution in [3.8, 4) is 0 Å². The highest BCUT2D eigenvalue weighted by Crippen LogP contribution is 2.19. The van der Waals surface area contributed by atoms with Crippen LogP contribution >= 0.6 is 0 Å². The lowest BCUT2D eigenvalue weighted by molar-refractivity contribution is -0.116. The van der Waals surface area contributed by atoms with E-state index in [4.69, 9.17) is 9.63 Å². The second-order valence-corrected chi connectivity index (χ2v) is 6.55. The Labute approximate surface area is 140 Å². The number of nitrogens with zero attached hydrogens (tertiary/aromatic N) is 2. The molecule has 0 unspecified atom stereocenters. The van der Waals surface area contributed by atoms with E-state index in [1.165, 1.54) is 12.1 Å². The second kappa shape index (κ2) is 7.25. The van der Waals surface area contributed by atoms with Gasteiger partial charge in [0.2, 0.25) is 11.8 Å². The van der Waals surface area contributed by atoms with Gasteiger partial charge in [-0.15, -0.1) is 0 Å². The molecule has 1 aromatic carbocycles. The number of anilines is 1. The third-order valence-electron chi connectivity index (χ3n) is 3.33. The summed E-state index contributed by atoms with van der Waals surface area (Å²) in [4.78, 5) is 27.1. The zero-order chi connectivity index (χ0) is 17.7. The number of hydrogen-bond donors (Lipinski definition) is 2.